The van der Waals surface area contributed by atoms with Crippen LogP contribution in [0, 0.1) is 6.92 Å². The lowest BCUT2D eigenvalue weighted by Crippen LogP contribution is -2.05. The quantitative estimate of drug-likeness (QED) is 0.722. The van der Waals surface area contributed by atoms with Crippen LogP contribution in [0.15, 0.2) is 35.8 Å². The third-order valence-electron chi connectivity index (χ3n) is 3.13. The van der Waals surface area contributed by atoms with Crippen LogP contribution in [0.5, 0.6) is 0 Å². The van der Waals surface area contributed by atoms with Crippen molar-refractivity contribution in [2.75, 3.05) is 17.6 Å². The van der Waals surface area contributed by atoms with Gasteiger partial charge in [0.25, 0.3) is 0 Å². The van der Waals surface area contributed by atoms with E-state index in [-0.39, 0.29) is 0 Å². The van der Waals surface area contributed by atoms with Gasteiger partial charge in [0, 0.05) is 41.3 Å². The van der Waals surface area contributed by atoms with Gasteiger partial charge < -0.3 is 11.1 Å². The molecule has 20 heavy (non-hydrogen) atoms. The molecule has 0 amide bonds. The highest BCUT2D eigenvalue weighted by Gasteiger charge is 2.03. The number of pyridine rings is 1. The molecule has 0 saturated heterocycles. The molecule has 0 radical (unpaired) electrons. The Bertz CT molecular complexity index is 736. The van der Waals surface area contributed by atoms with Gasteiger partial charge in [0.05, 0.1) is 16.2 Å². The summed E-state index contributed by atoms with van der Waals surface area (Å²) in [6.07, 6.45) is 2.72. The van der Waals surface area contributed by atoms with Crippen molar-refractivity contribution in [2.45, 2.75) is 13.3 Å². The third-order valence-corrected chi connectivity index (χ3v) is 3.95. The number of rotatable bonds is 4. The molecule has 0 aliphatic rings. The number of anilines is 2. The van der Waals surface area contributed by atoms with Gasteiger partial charge >= 0.3 is 0 Å². The molecule has 1 aromatic carbocycles. The Hall–Kier alpha value is -2.14. The molecular weight excluding hydrogens is 268 g/mol. The van der Waals surface area contributed by atoms with Gasteiger partial charge in [0.15, 0.2) is 0 Å². The van der Waals surface area contributed by atoms with Crippen LogP contribution in [-0.4, -0.2) is 16.5 Å². The van der Waals surface area contributed by atoms with Gasteiger partial charge in [-0.25, -0.2) is 4.98 Å². The van der Waals surface area contributed by atoms with Crippen molar-refractivity contribution in [1.29, 1.82) is 0 Å². The lowest BCUT2D eigenvalue weighted by molar-refractivity contribution is 0.969. The monoisotopic (exact) mass is 284 g/mol. The van der Waals surface area contributed by atoms with E-state index < -0.39 is 0 Å². The second kappa shape index (κ2) is 5.46. The Morgan fingerprint density at radius 1 is 1.30 bits per heavy atom. The fourth-order valence-corrected chi connectivity index (χ4v) is 2.81. The van der Waals surface area contributed by atoms with Crippen molar-refractivity contribution in [3.05, 3.63) is 46.5 Å². The predicted octanol–water partition coefficient (Wildman–Crippen LogP) is 3.24. The predicted molar refractivity (Wildman–Crippen MR) is 85.2 cm³/mol. The Morgan fingerprint density at radius 3 is 3.00 bits per heavy atom. The smallest absolute Gasteiger partial charge is 0.0897 e. The number of aromatic nitrogens is 2. The van der Waals surface area contributed by atoms with E-state index in [1.165, 1.54) is 0 Å². The maximum Gasteiger partial charge on any atom is 0.0897 e. The molecule has 0 atom stereocenters. The van der Waals surface area contributed by atoms with Gasteiger partial charge in [0.2, 0.25) is 0 Å². The summed E-state index contributed by atoms with van der Waals surface area (Å²) >= 11 is 1.69. The van der Waals surface area contributed by atoms with Crippen molar-refractivity contribution < 1.29 is 0 Å². The average molecular weight is 284 g/mol. The molecule has 3 N–H and O–H groups in total. The van der Waals surface area contributed by atoms with Gasteiger partial charge in [-0.1, -0.05) is 0 Å². The van der Waals surface area contributed by atoms with E-state index in [9.17, 15) is 0 Å². The van der Waals surface area contributed by atoms with Crippen LogP contribution in [0.4, 0.5) is 11.4 Å². The van der Waals surface area contributed by atoms with Gasteiger partial charge in [-0.3, -0.25) is 4.98 Å². The molecule has 102 valence electrons. The number of nitrogens with two attached hydrogens (primary N) is 1. The van der Waals surface area contributed by atoms with Crippen LogP contribution in [-0.2, 0) is 6.42 Å². The summed E-state index contributed by atoms with van der Waals surface area (Å²) in [5.41, 5.74) is 9.66. The molecular formula is C15H16N4S. The number of hydrogen-bond donors (Lipinski definition) is 2. The minimum absolute atomic E-state index is 0.736. The normalized spacial score (nSPS) is 10.8. The van der Waals surface area contributed by atoms with Crippen LogP contribution < -0.4 is 11.1 Å². The van der Waals surface area contributed by atoms with Crippen LogP contribution in [0.3, 0.4) is 0 Å². The molecule has 2 heterocycles. The molecule has 0 spiro atoms. The maximum absolute atomic E-state index is 5.78. The lowest BCUT2D eigenvalue weighted by Gasteiger charge is -2.09. The molecule has 3 aromatic rings. The highest BCUT2D eigenvalue weighted by atomic mass is 32.1. The number of aryl methyl sites for hydroxylation is 1. The average Bonchev–Trinajstić information content (AvgIpc) is 2.84. The summed E-state index contributed by atoms with van der Waals surface area (Å²) in [6.45, 7) is 2.88. The van der Waals surface area contributed by atoms with Crippen molar-refractivity contribution in [2.24, 2.45) is 0 Å². The van der Waals surface area contributed by atoms with E-state index in [0.29, 0.717) is 0 Å². The largest absolute Gasteiger partial charge is 0.399 e. The summed E-state index contributed by atoms with van der Waals surface area (Å²) in [4.78, 5) is 8.81. The first-order chi connectivity index (χ1) is 9.72. The minimum atomic E-state index is 0.736. The van der Waals surface area contributed by atoms with Crippen molar-refractivity contribution in [3.63, 3.8) is 0 Å². The Morgan fingerprint density at radius 2 is 2.20 bits per heavy atom. The number of hydrogen-bond acceptors (Lipinski definition) is 5. The minimum Gasteiger partial charge on any atom is -0.399 e. The van der Waals surface area contributed by atoms with Gasteiger partial charge in [-0.15, -0.1) is 11.3 Å². The first-order valence-corrected chi connectivity index (χ1v) is 7.39. The topological polar surface area (TPSA) is 63.8 Å². The third kappa shape index (κ3) is 2.72. The lowest BCUT2D eigenvalue weighted by atomic mass is 10.1. The number of thiazole rings is 1. The molecule has 0 unspecified atom stereocenters. The molecule has 0 saturated carbocycles. The van der Waals surface area contributed by atoms with E-state index in [2.05, 4.69) is 20.7 Å². The van der Waals surface area contributed by atoms with Gasteiger partial charge in [-0.2, -0.15) is 0 Å². The Balaban J connectivity index is 1.74. The second-order valence-electron chi connectivity index (χ2n) is 4.67. The van der Waals surface area contributed by atoms with Crippen LogP contribution in [0.2, 0.25) is 0 Å². The first kappa shape index (κ1) is 12.9. The molecule has 3 rings (SSSR count). The van der Waals surface area contributed by atoms with Crippen molar-refractivity contribution >= 4 is 33.6 Å². The molecule has 0 aliphatic heterocycles. The van der Waals surface area contributed by atoms with Crippen LogP contribution in [0.1, 0.15) is 10.7 Å². The summed E-state index contributed by atoms with van der Waals surface area (Å²) in [6, 6.07) is 7.79. The zero-order valence-corrected chi connectivity index (χ0v) is 12.1. The van der Waals surface area contributed by atoms with E-state index in [1.807, 2.05) is 31.2 Å². The van der Waals surface area contributed by atoms with Crippen molar-refractivity contribution in [3.8, 4) is 0 Å². The molecule has 5 heteroatoms. The summed E-state index contributed by atoms with van der Waals surface area (Å²) in [7, 11) is 0. The molecule has 0 fully saturated rings. The zero-order chi connectivity index (χ0) is 13.9. The van der Waals surface area contributed by atoms with E-state index in [4.69, 9.17) is 5.73 Å². The number of nitrogens with zero attached hydrogens (tertiary/aromatic N) is 2. The number of fused-ring (bicyclic) bond motifs is 1. The molecule has 0 bridgehead atoms. The number of nitrogen functional groups attached to an aromatic ring is 1. The molecule has 2 aromatic heterocycles. The fourth-order valence-electron chi connectivity index (χ4n) is 2.17. The number of nitrogens with one attached hydrogen (secondary N) is 1. The van der Waals surface area contributed by atoms with Crippen LogP contribution >= 0.6 is 11.3 Å². The van der Waals surface area contributed by atoms with Crippen molar-refractivity contribution in [1.82, 2.24) is 9.97 Å². The highest BCUT2D eigenvalue weighted by molar-refractivity contribution is 7.09. The second-order valence-corrected chi connectivity index (χ2v) is 5.73. The maximum atomic E-state index is 5.78. The Labute approximate surface area is 121 Å². The highest BCUT2D eigenvalue weighted by Crippen LogP contribution is 2.23. The van der Waals surface area contributed by atoms with Gasteiger partial charge in [0.1, 0.15) is 0 Å². The standard InChI is InChI=1S/C15H16N4S/c1-10-19-12(9-20-10)4-6-17-14-5-7-18-15-8-11(16)2-3-13(14)15/h2-3,5,7-9H,4,6,16H2,1H3,(H,17,18). The zero-order valence-electron chi connectivity index (χ0n) is 11.3. The fraction of sp³-hybridized carbons (Fsp3) is 0.200. The SMILES string of the molecule is Cc1nc(CCNc2ccnc3cc(N)ccc23)cs1. The molecule has 4 nitrogen and oxygen atoms in total. The number of benzene rings is 1. The Kier molecular flexibility index (Phi) is 3.52. The van der Waals surface area contributed by atoms with Gasteiger partial charge in [-0.05, 0) is 31.2 Å². The van der Waals surface area contributed by atoms with Crippen LogP contribution in [0.25, 0.3) is 10.9 Å². The first-order valence-electron chi connectivity index (χ1n) is 6.51. The van der Waals surface area contributed by atoms with E-state index in [1.54, 1.807) is 17.5 Å². The molecule has 0 aliphatic carbocycles. The van der Waals surface area contributed by atoms with E-state index in [0.717, 1.165) is 45.9 Å². The van der Waals surface area contributed by atoms with E-state index >= 15 is 0 Å². The summed E-state index contributed by atoms with van der Waals surface area (Å²) in [5.74, 6) is 0. The summed E-state index contributed by atoms with van der Waals surface area (Å²) in [5, 5.41) is 7.77. The summed E-state index contributed by atoms with van der Waals surface area (Å²) < 4.78 is 0.